The number of terminal acetylenes is 2. The Bertz CT molecular complexity index is 1620. The van der Waals surface area contributed by atoms with E-state index in [1.54, 1.807) is 0 Å². The Morgan fingerprint density at radius 1 is 0.400 bits per heavy atom. The van der Waals surface area contributed by atoms with Gasteiger partial charge in [0.25, 0.3) is 0 Å². The zero-order valence-corrected chi connectivity index (χ0v) is 16.2. The second-order valence-electron chi connectivity index (χ2n) is 7.65. The minimum Gasteiger partial charge on any atom is -0.115 e. The van der Waals surface area contributed by atoms with Crippen LogP contribution in [0.1, 0.15) is 11.1 Å². The van der Waals surface area contributed by atoms with E-state index in [1.165, 1.54) is 43.1 Å². The SMILES string of the molecule is C#Cc1cccc2c1ccc1ccc3ccc4ccc5c(C#C)cccc5c4c3c12. The smallest absolute Gasteiger partial charge is 0.0321 e. The van der Waals surface area contributed by atoms with Gasteiger partial charge in [0, 0.05) is 11.1 Å². The van der Waals surface area contributed by atoms with Crippen molar-refractivity contribution in [3.63, 3.8) is 0 Å². The number of hydrogen-bond acceptors (Lipinski definition) is 0. The fraction of sp³-hybridized carbons (Fsp3) is 0. The molecule has 0 amide bonds. The predicted molar refractivity (Wildman–Crippen MR) is 130 cm³/mol. The third-order valence-electron chi connectivity index (χ3n) is 6.17. The lowest BCUT2D eigenvalue weighted by atomic mass is 9.89. The monoisotopic (exact) mass is 376 g/mol. The highest BCUT2D eigenvalue weighted by molar-refractivity contribution is 6.32. The van der Waals surface area contributed by atoms with Gasteiger partial charge < -0.3 is 0 Å². The van der Waals surface area contributed by atoms with Crippen LogP contribution in [-0.4, -0.2) is 0 Å². The molecular formula is C30H16. The van der Waals surface area contributed by atoms with E-state index in [4.69, 9.17) is 12.8 Å². The quantitative estimate of drug-likeness (QED) is 0.191. The lowest BCUT2D eigenvalue weighted by Gasteiger charge is -2.14. The molecule has 0 heteroatoms. The van der Waals surface area contributed by atoms with E-state index in [9.17, 15) is 0 Å². The molecule has 6 aromatic rings. The van der Waals surface area contributed by atoms with Crippen LogP contribution in [0.5, 0.6) is 0 Å². The highest BCUT2D eigenvalue weighted by Gasteiger charge is 2.13. The maximum absolute atomic E-state index is 5.80. The van der Waals surface area contributed by atoms with Crippen LogP contribution in [0, 0.1) is 24.7 Å². The second kappa shape index (κ2) is 6.12. The van der Waals surface area contributed by atoms with Crippen molar-refractivity contribution < 1.29 is 0 Å². The molecule has 0 unspecified atom stereocenters. The van der Waals surface area contributed by atoms with E-state index in [1.807, 2.05) is 12.1 Å². The van der Waals surface area contributed by atoms with E-state index in [-0.39, 0.29) is 0 Å². The molecule has 0 bridgehead atoms. The minimum absolute atomic E-state index is 0.922. The molecule has 136 valence electrons. The Morgan fingerprint density at radius 3 is 1.23 bits per heavy atom. The van der Waals surface area contributed by atoms with Crippen molar-refractivity contribution in [3.8, 4) is 24.7 Å². The van der Waals surface area contributed by atoms with Crippen molar-refractivity contribution in [1.29, 1.82) is 0 Å². The van der Waals surface area contributed by atoms with Gasteiger partial charge in [0.1, 0.15) is 0 Å². The van der Waals surface area contributed by atoms with Crippen LogP contribution in [0.4, 0.5) is 0 Å². The summed E-state index contributed by atoms with van der Waals surface area (Å²) < 4.78 is 0. The molecule has 0 heterocycles. The Hall–Kier alpha value is -4.26. The highest BCUT2D eigenvalue weighted by atomic mass is 14.2. The minimum atomic E-state index is 0.922. The zero-order chi connectivity index (χ0) is 20.2. The first-order valence-corrected chi connectivity index (χ1v) is 9.96. The van der Waals surface area contributed by atoms with Gasteiger partial charge in [-0.3, -0.25) is 0 Å². The lowest BCUT2D eigenvalue weighted by molar-refractivity contribution is 1.73. The predicted octanol–water partition coefficient (Wildman–Crippen LogP) is 7.42. The first-order chi connectivity index (χ1) is 14.8. The Morgan fingerprint density at radius 2 is 0.800 bits per heavy atom. The van der Waals surface area contributed by atoms with E-state index in [2.05, 4.69) is 84.6 Å². The van der Waals surface area contributed by atoms with Crippen molar-refractivity contribution in [2.75, 3.05) is 0 Å². The molecule has 0 radical (unpaired) electrons. The molecule has 0 fully saturated rings. The van der Waals surface area contributed by atoms with E-state index >= 15 is 0 Å². The second-order valence-corrected chi connectivity index (χ2v) is 7.65. The average Bonchev–Trinajstić information content (AvgIpc) is 2.81. The summed E-state index contributed by atoms with van der Waals surface area (Å²) in [6.07, 6.45) is 11.6. The summed E-state index contributed by atoms with van der Waals surface area (Å²) in [5.41, 5.74) is 1.84. The molecular weight excluding hydrogens is 360 g/mol. The van der Waals surface area contributed by atoms with Gasteiger partial charge in [-0.1, -0.05) is 84.6 Å². The molecule has 0 aliphatic heterocycles. The van der Waals surface area contributed by atoms with Crippen molar-refractivity contribution in [1.82, 2.24) is 0 Å². The summed E-state index contributed by atoms with van der Waals surface area (Å²) in [4.78, 5) is 0. The standard InChI is InChI=1S/C30H16/c1-3-19-7-5-9-26-24(19)17-15-21-11-13-23-14-12-22-16-18-25-20(4-2)8-6-10-27(25)29(22)30(23)28(21)26/h1-2,5-18H. The van der Waals surface area contributed by atoms with Gasteiger partial charge in [0.2, 0.25) is 0 Å². The Kier molecular flexibility index (Phi) is 3.40. The molecule has 0 atom stereocenters. The molecule has 0 saturated carbocycles. The third kappa shape index (κ3) is 2.14. The van der Waals surface area contributed by atoms with Crippen molar-refractivity contribution in [3.05, 3.63) is 96.1 Å². The van der Waals surface area contributed by atoms with Crippen molar-refractivity contribution in [2.45, 2.75) is 0 Å². The van der Waals surface area contributed by atoms with E-state index in [0.717, 1.165) is 21.9 Å². The summed E-state index contributed by atoms with van der Waals surface area (Å²) in [5, 5.41) is 12.0. The Balaban J connectivity index is 1.99. The average molecular weight is 376 g/mol. The molecule has 6 aromatic carbocycles. The normalized spacial score (nSPS) is 11.3. The van der Waals surface area contributed by atoms with Gasteiger partial charge in [-0.05, 0) is 66.0 Å². The first-order valence-electron chi connectivity index (χ1n) is 9.96. The van der Waals surface area contributed by atoms with Gasteiger partial charge in [-0.15, -0.1) is 12.8 Å². The number of benzene rings is 6. The molecule has 0 aliphatic rings. The summed E-state index contributed by atoms with van der Waals surface area (Å²) >= 11 is 0. The van der Waals surface area contributed by atoms with Crippen LogP contribution in [0.15, 0.2) is 84.9 Å². The fourth-order valence-electron chi connectivity index (χ4n) is 4.83. The van der Waals surface area contributed by atoms with Gasteiger partial charge in [-0.25, -0.2) is 0 Å². The molecule has 0 nitrogen and oxygen atoms in total. The summed E-state index contributed by atoms with van der Waals surface area (Å²) in [6, 6.07) is 29.9. The Labute approximate surface area is 174 Å². The van der Waals surface area contributed by atoms with Gasteiger partial charge >= 0.3 is 0 Å². The van der Waals surface area contributed by atoms with Crippen LogP contribution in [0.2, 0.25) is 0 Å². The van der Waals surface area contributed by atoms with Crippen molar-refractivity contribution in [2.24, 2.45) is 0 Å². The molecule has 0 N–H and O–H groups in total. The van der Waals surface area contributed by atoms with Gasteiger partial charge in [0.15, 0.2) is 0 Å². The third-order valence-corrected chi connectivity index (χ3v) is 6.17. The number of hydrogen-bond donors (Lipinski definition) is 0. The molecule has 0 aromatic heterocycles. The summed E-state index contributed by atoms with van der Waals surface area (Å²) in [6.45, 7) is 0. The van der Waals surface area contributed by atoms with E-state index < -0.39 is 0 Å². The lowest BCUT2D eigenvalue weighted by Crippen LogP contribution is -1.87. The largest absolute Gasteiger partial charge is 0.115 e. The molecule has 30 heavy (non-hydrogen) atoms. The number of fused-ring (bicyclic) bond motifs is 9. The maximum atomic E-state index is 5.80. The van der Waals surface area contributed by atoms with E-state index in [0.29, 0.717) is 0 Å². The molecule has 0 aliphatic carbocycles. The van der Waals surface area contributed by atoms with Gasteiger partial charge in [-0.2, -0.15) is 0 Å². The zero-order valence-electron chi connectivity index (χ0n) is 16.2. The van der Waals surface area contributed by atoms with Crippen LogP contribution in [-0.2, 0) is 0 Å². The van der Waals surface area contributed by atoms with Gasteiger partial charge in [0.05, 0.1) is 0 Å². The maximum Gasteiger partial charge on any atom is 0.0321 e. The number of rotatable bonds is 0. The molecule has 6 rings (SSSR count). The topological polar surface area (TPSA) is 0 Å². The molecule has 0 saturated heterocycles. The van der Waals surface area contributed by atoms with Crippen LogP contribution in [0.25, 0.3) is 53.9 Å². The molecule has 0 spiro atoms. The fourth-order valence-corrected chi connectivity index (χ4v) is 4.83. The summed E-state index contributed by atoms with van der Waals surface area (Å²) in [7, 11) is 0. The van der Waals surface area contributed by atoms with Crippen molar-refractivity contribution >= 4 is 53.9 Å². The van der Waals surface area contributed by atoms with Crippen LogP contribution in [0.3, 0.4) is 0 Å². The first kappa shape index (κ1) is 16.7. The van der Waals surface area contributed by atoms with Crippen LogP contribution >= 0.6 is 0 Å². The summed E-state index contributed by atoms with van der Waals surface area (Å²) in [5.74, 6) is 5.68. The highest BCUT2D eigenvalue weighted by Crippen LogP contribution is 2.40. The van der Waals surface area contributed by atoms with Crippen LogP contribution < -0.4 is 0 Å².